The van der Waals surface area contributed by atoms with Crippen molar-refractivity contribution in [1.29, 1.82) is 0 Å². The zero-order chi connectivity index (χ0) is 13.8. The Morgan fingerprint density at radius 1 is 1.42 bits per heavy atom. The molecule has 1 aromatic heterocycles. The highest BCUT2D eigenvalue weighted by Gasteiger charge is 2.17. The van der Waals surface area contributed by atoms with Gasteiger partial charge < -0.3 is 15.7 Å². The number of pyridine rings is 1. The van der Waals surface area contributed by atoms with Crippen LogP contribution in [0.25, 0.3) is 0 Å². The molecule has 0 saturated carbocycles. The average Bonchev–Trinajstić information content (AvgIpc) is 2.46. The molecule has 0 bridgehead atoms. The van der Waals surface area contributed by atoms with Crippen LogP contribution in [-0.4, -0.2) is 23.0 Å². The smallest absolute Gasteiger partial charge is 0.261 e. The van der Waals surface area contributed by atoms with Crippen LogP contribution < -0.4 is 10.6 Å². The maximum Gasteiger partial charge on any atom is 0.261 e. The van der Waals surface area contributed by atoms with Crippen molar-refractivity contribution in [2.24, 2.45) is 5.73 Å². The van der Waals surface area contributed by atoms with Crippen molar-refractivity contribution in [2.75, 3.05) is 11.9 Å². The van der Waals surface area contributed by atoms with Crippen LogP contribution in [0.5, 0.6) is 5.75 Å². The monoisotopic (exact) mass is 257 g/mol. The number of aromatic hydroxyl groups is 1. The third-order valence-electron chi connectivity index (χ3n) is 2.87. The lowest BCUT2D eigenvalue weighted by molar-refractivity contribution is 0.0990. The SMILES string of the molecule is CN(C(=O)c1ccncc1O)c1cccc(CN)c1. The minimum atomic E-state index is -0.297. The van der Waals surface area contributed by atoms with E-state index in [0.717, 1.165) is 11.3 Å². The Bertz CT molecular complexity index is 599. The standard InChI is InChI=1S/C14H15N3O2/c1-17(11-4-2-3-10(7-11)8-15)14(19)12-5-6-16-9-13(12)18/h2-7,9,18H,8,15H2,1H3. The molecule has 0 radical (unpaired) electrons. The molecule has 0 unspecified atom stereocenters. The van der Waals surface area contributed by atoms with Gasteiger partial charge in [0.05, 0.1) is 11.8 Å². The average molecular weight is 257 g/mol. The van der Waals surface area contributed by atoms with Gasteiger partial charge in [0.1, 0.15) is 5.75 Å². The van der Waals surface area contributed by atoms with Crippen molar-refractivity contribution in [2.45, 2.75) is 6.54 Å². The first kappa shape index (κ1) is 13.0. The molecular weight excluding hydrogens is 242 g/mol. The third-order valence-corrected chi connectivity index (χ3v) is 2.87. The first-order valence-electron chi connectivity index (χ1n) is 5.83. The van der Waals surface area contributed by atoms with Crippen LogP contribution in [0.4, 0.5) is 5.69 Å². The molecule has 19 heavy (non-hydrogen) atoms. The summed E-state index contributed by atoms with van der Waals surface area (Å²) >= 11 is 0. The predicted octanol–water partition coefficient (Wildman–Crippen LogP) is 1.52. The van der Waals surface area contributed by atoms with Crippen molar-refractivity contribution < 1.29 is 9.90 Å². The van der Waals surface area contributed by atoms with Crippen molar-refractivity contribution in [3.63, 3.8) is 0 Å². The van der Waals surface area contributed by atoms with E-state index in [9.17, 15) is 9.90 Å². The maximum atomic E-state index is 12.3. The number of benzene rings is 1. The summed E-state index contributed by atoms with van der Waals surface area (Å²) in [6.07, 6.45) is 2.72. The molecule has 0 saturated heterocycles. The molecule has 0 aliphatic heterocycles. The lowest BCUT2D eigenvalue weighted by Gasteiger charge is -2.18. The van der Waals surface area contributed by atoms with Crippen molar-refractivity contribution >= 4 is 11.6 Å². The van der Waals surface area contributed by atoms with Crippen LogP contribution in [0.3, 0.4) is 0 Å². The minimum absolute atomic E-state index is 0.130. The zero-order valence-electron chi connectivity index (χ0n) is 10.6. The molecule has 5 nitrogen and oxygen atoms in total. The molecule has 0 aliphatic rings. The minimum Gasteiger partial charge on any atom is -0.505 e. The number of carbonyl (C=O) groups is 1. The molecule has 1 amide bonds. The van der Waals surface area contributed by atoms with E-state index in [1.807, 2.05) is 24.3 Å². The van der Waals surface area contributed by atoms with Gasteiger partial charge in [0.25, 0.3) is 5.91 Å². The number of hydrogen-bond donors (Lipinski definition) is 2. The van der Waals surface area contributed by atoms with Crippen LogP contribution in [-0.2, 0) is 6.54 Å². The highest BCUT2D eigenvalue weighted by Crippen LogP contribution is 2.21. The van der Waals surface area contributed by atoms with Crippen LogP contribution in [0.15, 0.2) is 42.7 Å². The molecule has 3 N–H and O–H groups in total. The molecule has 98 valence electrons. The van der Waals surface area contributed by atoms with Crippen LogP contribution in [0.1, 0.15) is 15.9 Å². The van der Waals surface area contributed by atoms with Crippen LogP contribution in [0, 0.1) is 0 Å². The fourth-order valence-corrected chi connectivity index (χ4v) is 1.76. The summed E-state index contributed by atoms with van der Waals surface area (Å²) < 4.78 is 0. The summed E-state index contributed by atoms with van der Waals surface area (Å²) in [6.45, 7) is 0.413. The van der Waals surface area contributed by atoms with E-state index in [-0.39, 0.29) is 17.2 Å². The molecule has 5 heteroatoms. The number of aromatic nitrogens is 1. The summed E-state index contributed by atoms with van der Waals surface area (Å²) in [6, 6.07) is 8.88. The lowest BCUT2D eigenvalue weighted by Crippen LogP contribution is -2.26. The van der Waals surface area contributed by atoms with Crippen molar-refractivity contribution in [3.8, 4) is 5.75 Å². The number of nitrogens with two attached hydrogens (primary N) is 1. The zero-order valence-corrected chi connectivity index (χ0v) is 10.6. The second kappa shape index (κ2) is 5.49. The summed E-state index contributed by atoms with van der Waals surface area (Å²) in [5.41, 5.74) is 7.46. The second-order valence-corrected chi connectivity index (χ2v) is 4.13. The molecule has 2 rings (SSSR count). The Morgan fingerprint density at radius 3 is 2.89 bits per heavy atom. The van der Waals surface area contributed by atoms with Gasteiger partial charge in [-0.25, -0.2) is 0 Å². The highest BCUT2D eigenvalue weighted by atomic mass is 16.3. The quantitative estimate of drug-likeness (QED) is 0.873. The predicted molar refractivity (Wildman–Crippen MR) is 73.0 cm³/mol. The Morgan fingerprint density at radius 2 is 2.21 bits per heavy atom. The molecule has 2 aromatic rings. The van der Waals surface area contributed by atoms with E-state index in [1.165, 1.54) is 23.4 Å². The molecule has 1 aromatic carbocycles. The van der Waals surface area contributed by atoms with Gasteiger partial charge in [-0.3, -0.25) is 9.78 Å². The number of anilines is 1. The Hall–Kier alpha value is -2.40. The number of amides is 1. The van der Waals surface area contributed by atoms with Gasteiger partial charge in [0.2, 0.25) is 0 Å². The van der Waals surface area contributed by atoms with E-state index < -0.39 is 0 Å². The van der Waals surface area contributed by atoms with E-state index in [1.54, 1.807) is 7.05 Å². The molecule has 0 fully saturated rings. The summed E-state index contributed by atoms with van der Waals surface area (Å²) in [7, 11) is 1.65. The Labute approximate surface area is 111 Å². The molecule has 0 atom stereocenters. The molecule has 1 heterocycles. The maximum absolute atomic E-state index is 12.3. The van der Waals surface area contributed by atoms with Gasteiger partial charge in [-0.2, -0.15) is 0 Å². The second-order valence-electron chi connectivity index (χ2n) is 4.13. The molecule has 0 spiro atoms. The van der Waals surface area contributed by atoms with Gasteiger partial charge in [0, 0.05) is 25.5 Å². The van der Waals surface area contributed by atoms with Crippen molar-refractivity contribution in [1.82, 2.24) is 4.98 Å². The topological polar surface area (TPSA) is 79.5 Å². The van der Waals surface area contributed by atoms with Crippen molar-refractivity contribution in [3.05, 3.63) is 53.9 Å². The molecule has 0 aliphatic carbocycles. The number of carbonyl (C=O) groups excluding carboxylic acids is 1. The van der Waals surface area contributed by atoms with Gasteiger partial charge in [-0.05, 0) is 23.8 Å². The van der Waals surface area contributed by atoms with Gasteiger partial charge in [-0.1, -0.05) is 12.1 Å². The summed E-state index contributed by atoms with van der Waals surface area (Å²) in [5, 5.41) is 9.65. The van der Waals surface area contributed by atoms with Gasteiger partial charge in [0.15, 0.2) is 0 Å². The van der Waals surface area contributed by atoms with Gasteiger partial charge in [-0.15, -0.1) is 0 Å². The van der Waals surface area contributed by atoms with E-state index in [2.05, 4.69) is 4.98 Å². The van der Waals surface area contributed by atoms with Gasteiger partial charge >= 0.3 is 0 Å². The fraction of sp³-hybridized carbons (Fsp3) is 0.143. The third kappa shape index (κ3) is 2.71. The number of rotatable bonds is 3. The largest absolute Gasteiger partial charge is 0.505 e. The fourth-order valence-electron chi connectivity index (χ4n) is 1.76. The Kier molecular flexibility index (Phi) is 3.77. The number of hydrogen-bond acceptors (Lipinski definition) is 4. The van der Waals surface area contributed by atoms with E-state index in [0.29, 0.717) is 6.54 Å². The highest BCUT2D eigenvalue weighted by molar-refractivity contribution is 6.07. The molecular formula is C14H15N3O2. The summed E-state index contributed by atoms with van der Waals surface area (Å²) in [5.74, 6) is -0.427. The summed E-state index contributed by atoms with van der Waals surface area (Å²) in [4.78, 5) is 17.5. The first-order valence-corrected chi connectivity index (χ1v) is 5.83. The van der Waals surface area contributed by atoms with E-state index >= 15 is 0 Å². The first-order chi connectivity index (χ1) is 9.13. The Balaban J connectivity index is 2.31. The van der Waals surface area contributed by atoms with E-state index in [4.69, 9.17) is 5.73 Å². The normalized spacial score (nSPS) is 10.2. The van der Waals surface area contributed by atoms with Crippen LogP contribution in [0.2, 0.25) is 0 Å². The van der Waals surface area contributed by atoms with Crippen LogP contribution >= 0.6 is 0 Å². The lowest BCUT2D eigenvalue weighted by atomic mass is 10.1. The number of nitrogens with zero attached hydrogens (tertiary/aromatic N) is 2.